The Morgan fingerprint density at radius 2 is 2.14 bits per heavy atom. The zero-order chi connectivity index (χ0) is 11.0. The molecule has 2 N–H and O–H groups in total. The maximum Gasteiger partial charge on any atom is 0.234 e. The third-order valence-corrected chi connectivity index (χ3v) is 1.78. The molecule has 0 spiro atoms. The molecule has 0 fully saturated rings. The number of hydrogen-bond acceptors (Lipinski definition) is 2. The van der Waals surface area contributed by atoms with E-state index in [1.165, 1.54) is 0 Å². The third kappa shape index (κ3) is 6.50. The minimum absolute atomic E-state index is 0.0323. The summed E-state index contributed by atoms with van der Waals surface area (Å²) in [6, 6.07) is 0.192. The molecule has 80 valence electrons. The first-order valence-electron chi connectivity index (χ1n) is 5.09. The molecular formula is C11H20N2O. The Hall–Kier alpha value is -1.01. The summed E-state index contributed by atoms with van der Waals surface area (Å²) in [5.41, 5.74) is 0. The molecule has 0 aliphatic heterocycles. The summed E-state index contributed by atoms with van der Waals surface area (Å²) < 4.78 is 0. The van der Waals surface area contributed by atoms with Crippen LogP contribution in [-0.4, -0.2) is 24.5 Å². The maximum atomic E-state index is 11.3. The monoisotopic (exact) mass is 196 g/mol. The van der Waals surface area contributed by atoms with Crippen LogP contribution in [0.5, 0.6) is 0 Å². The lowest BCUT2D eigenvalue weighted by atomic mass is 10.2. The van der Waals surface area contributed by atoms with Crippen LogP contribution in [0.4, 0.5) is 0 Å². The van der Waals surface area contributed by atoms with Crippen LogP contribution in [0.2, 0.25) is 0 Å². The Morgan fingerprint density at radius 3 is 2.57 bits per heavy atom. The predicted octanol–water partition coefficient (Wildman–Crippen LogP) is 0.902. The number of hydrogen-bond donors (Lipinski definition) is 2. The molecule has 0 aliphatic rings. The van der Waals surface area contributed by atoms with Gasteiger partial charge in [0.1, 0.15) is 0 Å². The summed E-state index contributed by atoms with van der Waals surface area (Å²) in [6.45, 7) is 6.37. The number of rotatable bonds is 6. The lowest BCUT2D eigenvalue weighted by Gasteiger charge is -2.13. The molecule has 0 aliphatic carbocycles. The molecule has 3 heteroatoms. The zero-order valence-electron chi connectivity index (χ0n) is 9.26. The Morgan fingerprint density at radius 1 is 1.50 bits per heavy atom. The standard InChI is InChI=1S/C11H20N2O/c1-5-7-10(6-2)13-11(14)8-12-9(3)4/h2,9-10,12H,5,7-8H2,1,3-4H3,(H,13,14). The van der Waals surface area contributed by atoms with Gasteiger partial charge in [0.25, 0.3) is 0 Å². The highest BCUT2D eigenvalue weighted by Gasteiger charge is 2.07. The number of nitrogens with one attached hydrogen (secondary N) is 2. The van der Waals surface area contributed by atoms with E-state index in [2.05, 4.69) is 16.6 Å². The minimum atomic E-state index is -0.124. The zero-order valence-corrected chi connectivity index (χ0v) is 9.26. The quantitative estimate of drug-likeness (QED) is 0.620. The summed E-state index contributed by atoms with van der Waals surface area (Å²) in [5.74, 6) is 2.53. The van der Waals surface area contributed by atoms with Gasteiger partial charge in [0.05, 0.1) is 12.6 Å². The molecule has 1 unspecified atom stereocenters. The van der Waals surface area contributed by atoms with E-state index in [4.69, 9.17) is 6.42 Å². The van der Waals surface area contributed by atoms with Gasteiger partial charge < -0.3 is 10.6 Å². The molecule has 0 saturated heterocycles. The fourth-order valence-electron chi connectivity index (χ4n) is 1.03. The van der Waals surface area contributed by atoms with Gasteiger partial charge in [-0.25, -0.2) is 0 Å². The first-order valence-corrected chi connectivity index (χ1v) is 5.09. The van der Waals surface area contributed by atoms with Gasteiger partial charge in [0.15, 0.2) is 0 Å². The number of terminal acetylenes is 1. The summed E-state index contributed by atoms with van der Waals surface area (Å²) in [5, 5.41) is 5.82. The van der Waals surface area contributed by atoms with Gasteiger partial charge in [-0.05, 0) is 6.42 Å². The van der Waals surface area contributed by atoms with Crippen molar-refractivity contribution in [2.75, 3.05) is 6.54 Å². The van der Waals surface area contributed by atoms with E-state index in [0.29, 0.717) is 12.6 Å². The molecule has 14 heavy (non-hydrogen) atoms. The molecule has 0 aromatic heterocycles. The van der Waals surface area contributed by atoms with Gasteiger partial charge in [-0.1, -0.05) is 33.1 Å². The number of amides is 1. The normalized spacial score (nSPS) is 12.2. The van der Waals surface area contributed by atoms with Crippen molar-refractivity contribution < 1.29 is 4.79 Å². The second kappa shape index (κ2) is 7.40. The van der Waals surface area contributed by atoms with E-state index in [1.54, 1.807) is 0 Å². The van der Waals surface area contributed by atoms with Crippen LogP contribution in [0.25, 0.3) is 0 Å². The maximum absolute atomic E-state index is 11.3. The highest BCUT2D eigenvalue weighted by atomic mass is 16.1. The van der Waals surface area contributed by atoms with Gasteiger partial charge in [-0.2, -0.15) is 0 Å². The molecular weight excluding hydrogens is 176 g/mol. The molecule has 0 heterocycles. The Labute approximate surface area is 86.6 Å². The molecule has 0 rings (SSSR count). The average Bonchev–Trinajstić information content (AvgIpc) is 2.14. The van der Waals surface area contributed by atoms with E-state index in [1.807, 2.05) is 20.8 Å². The van der Waals surface area contributed by atoms with Crippen molar-refractivity contribution in [1.82, 2.24) is 10.6 Å². The minimum Gasteiger partial charge on any atom is -0.341 e. The number of carbonyl (C=O) groups is 1. The van der Waals surface area contributed by atoms with Crippen LogP contribution < -0.4 is 10.6 Å². The molecule has 0 bridgehead atoms. The molecule has 3 nitrogen and oxygen atoms in total. The SMILES string of the molecule is C#CC(CCC)NC(=O)CNC(C)C. The summed E-state index contributed by atoms with van der Waals surface area (Å²) in [6.07, 6.45) is 7.09. The Bertz CT molecular complexity index is 206. The molecule has 0 aromatic rings. The Kier molecular flexibility index (Phi) is 6.87. The summed E-state index contributed by atoms with van der Waals surface area (Å²) in [7, 11) is 0. The summed E-state index contributed by atoms with van der Waals surface area (Å²) >= 11 is 0. The van der Waals surface area contributed by atoms with Gasteiger partial charge >= 0.3 is 0 Å². The highest BCUT2D eigenvalue weighted by Crippen LogP contribution is 1.94. The van der Waals surface area contributed by atoms with E-state index >= 15 is 0 Å². The lowest BCUT2D eigenvalue weighted by Crippen LogP contribution is -2.41. The van der Waals surface area contributed by atoms with Gasteiger partial charge in [-0.15, -0.1) is 6.42 Å². The second-order valence-corrected chi connectivity index (χ2v) is 3.61. The van der Waals surface area contributed by atoms with Crippen LogP contribution in [0, 0.1) is 12.3 Å². The van der Waals surface area contributed by atoms with Crippen molar-refractivity contribution in [1.29, 1.82) is 0 Å². The van der Waals surface area contributed by atoms with Gasteiger partial charge in [0, 0.05) is 6.04 Å². The third-order valence-electron chi connectivity index (χ3n) is 1.78. The fraction of sp³-hybridized carbons (Fsp3) is 0.727. The summed E-state index contributed by atoms with van der Waals surface area (Å²) in [4.78, 5) is 11.3. The van der Waals surface area contributed by atoms with Crippen LogP contribution in [0.1, 0.15) is 33.6 Å². The first kappa shape index (κ1) is 13.0. The van der Waals surface area contributed by atoms with Crippen LogP contribution >= 0.6 is 0 Å². The van der Waals surface area contributed by atoms with Crippen molar-refractivity contribution >= 4 is 5.91 Å². The largest absolute Gasteiger partial charge is 0.341 e. The smallest absolute Gasteiger partial charge is 0.234 e. The number of carbonyl (C=O) groups excluding carboxylic acids is 1. The van der Waals surface area contributed by atoms with E-state index in [-0.39, 0.29) is 11.9 Å². The molecule has 1 amide bonds. The van der Waals surface area contributed by atoms with Gasteiger partial charge in [0.2, 0.25) is 5.91 Å². The first-order chi connectivity index (χ1) is 6.60. The van der Waals surface area contributed by atoms with E-state index in [0.717, 1.165) is 12.8 Å². The van der Waals surface area contributed by atoms with E-state index in [9.17, 15) is 4.79 Å². The lowest BCUT2D eigenvalue weighted by molar-refractivity contribution is -0.120. The van der Waals surface area contributed by atoms with Crippen molar-refractivity contribution in [3.05, 3.63) is 0 Å². The highest BCUT2D eigenvalue weighted by molar-refractivity contribution is 5.78. The fourth-order valence-corrected chi connectivity index (χ4v) is 1.03. The molecule has 0 aromatic carbocycles. The van der Waals surface area contributed by atoms with E-state index < -0.39 is 0 Å². The predicted molar refractivity (Wildman–Crippen MR) is 58.8 cm³/mol. The Balaban J connectivity index is 3.75. The topological polar surface area (TPSA) is 41.1 Å². The van der Waals surface area contributed by atoms with Crippen LogP contribution in [-0.2, 0) is 4.79 Å². The van der Waals surface area contributed by atoms with Crippen molar-refractivity contribution in [3.8, 4) is 12.3 Å². The second-order valence-electron chi connectivity index (χ2n) is 3.61. The molecule has 1 atom stereocenters. The average molecular weight is 196 g/mol. The molecule has 0 radical (unpaired) electrons. The van der Waals surface area contributed by atoms with Crippen LogP contribution in [0.3, 0.4) is 0 Å². The van der Waals surface area contributed by atoms with Crippen molar-refractivity contribution in [2.24, 2.45) is 0 Å². The van der Waals surface area contributed by atoms with Crippen LogP contribution in [0.15, 0.2) is 0 Å². The van der Waals surface area contributed by atoms with Gasteiger partial charge in [-0.3, -0.25) is 4.79 Å². The molecule has 0 saturated carbocycles. The van der Waals surface area contributed by atoms with Crippen molar-refractivity contribution in [3.63, 3.8) is 0 Å². The van der Waals surface area contributed by atoms with Crippen molar-refractivity contribution in [2.45, 2.75) is 45.7 Å².